The molecule has 0 spiro atoms. The van der Waals surface area contributed by atoms with Crippen LogP contribution >= 0.6 is 7.82 Å². The van der Waals surface area contributed by atoms with Gasteiger partial charge >= 0.3 is 11.9 Å². The second kappa shape index (κ2) is 64.0. The van der Waals surface area contributed by atoms with Crippen LogP contribution < -0.4 is 4.89 Å². The molecule has 0 saturated carbocycles. The van der Waals surface area contributed by atoms with E-state index in [1.165, 1.54) is 308 Å². The van der Waals surface area contributed by atoms with Crippen LogP contribution in [0.4, 0.5) is 0 Å². The van der Waals surface area contributed by atoms with Gasteiger partial charge in [-0.1, -0.05) is 321 Å². The van der Waals surface area contributed by atoms with Crippen LogP contribution in [0.25, 0.3) is 0 Å². The maximum atomic E-state index is 12.9. The summed E-state index contributed by atoms with van der Waals surface area (Å²) in [5.41, 5.74) is 0. The number of likely N-dealkylation sites (N-methyl/N-ethyl adjacent to an activating group) is 1. The van der Waals surface area contributed by atoms with Crippen LogP contribution in [-0.2, 0) is 32.7 Å². The monoisotopic (exact) mass is 1180 g/mol. The molecule has 0 aromatic carbocycles. The number of phosphoric ester groups is 1. The number of phosphoric acid groups is 1. The molecule has 0 rings (SSSR count). The number of ether oxygens (including phenoxy) is 2. The molecule has 0 heterocycles. The van der Waals surface area contributed by atoms with Gasteiger partial charge in [0.25, 0.3) is 7.82 Å². The Morgan fingerprint density at radius 1 is 0.366 bits per heavy atom. The first-order chi connectivity index (χ1) is 40.0. The molecule has 0 aliphatic carbocycles. The Labute approximate surface area is 510 Å². The molecule has 0 amide bonds. The second-order valence-electron chi connectivity index (χ2n) is 26.0. The number of rotatable bonds is 68. The van der Waals surface area contributed by atoms with Gasteiger partial charge in [0.1, 0.15) is 19.8 Å². The van der Waals surface area contributed by atoms with Crippen molar-refractivity contribution in [3.8, 4) is 0 Å². The number of carbonyl (C=O) groups is 2. The van der Waals surface area contributed by atoms with Crippen molar-refractivity contribution in [2.24, 2.45) is 0 Å². The lowest BCUT2D eigenvalue weighted by molar-refractivity contribution is -0.870. The zero-order valence-corrected chi connectivity index (χ0v) is 56.4. The van der Waals surface area contributed by atoms with Gasteiger partial charge in [0, 0.05) is 12.8 Å². The molecule has 0 bridgehead atoms. The number of nitrogens with zero attached hydrogens (tertiary/aromatic N) is 1. The highest BCUT2D eigenvalue weighted by molar-refractivity contribution is 7.45. The van der Waals surface area contributed by atoms with E-state index in [0.717, 1.165) is 32.1 Å². The van der Waals surface area contributed by atoms with E-state index >= 15 is 0 Å². The van der Waals surface area contributed by atoms with E-state index in [1.807, 2.05) is 21.1 Å². The zero-order valence-electron chi connectivity index (χ0n) is 55.5. The van der Waals surface area contributed by atoms with Gasteiger partial charge in [-0.15, -0.1) is 0 Å². The van der Waals surface area contributed by atoms with Gasteiger partial charge < -0.3 is 27.9 Å². The lowest BCUT2D eigenvalue weighted by Crippen LogP contribution is -2.37. The van der Waals surface area contributed by atoms with Crippen molar-refractivity contribution in [1.82, 2.24) is 0 Å². The average molecular weight is 1180 g/mol. The quantitative estimate of drug-likeness (QED) is 0.0195. The molecule has 82 heavy (non-hydrogen) atoms. The van der Waals surface area contributed by atoms with Crippen molar-refractivity contribution in [2.45, 2.75) is 380 Å². The molecule has 0 aromatic rings. The lowest BCUT2D eigenvalue weighted by Gasteiger charge is -2.28. The molecule has 0 radical (unpaired) electrons. The van der Waals surface area contributed by atoms with E-state index in [0.29, 0.717) is 17.4 Å². The predicted octanol–water partition coefficient (Wildman–Crippen LogP) is 22.6. The predicted molar refractivity (Wildman–Crippen MR) is 351 cm³/mol. The van der Waals surface area contributed by atoms with E-state index in [4.69, 9.17) is 18.5 Å². The molecular formula is C72H140NO8P. The Morgan fingerprint density at radius 3 is 0.902 bits per heavy atom. The van der Waals surface area contributed by atoms with Gasteiger partial charge in [-0.2, -0.15) is 0 Å². The molecule has 2 unspecified atom stereocenters. The first-order valence-corrected chi connectivity index (χ1v) is 37.5. The summed E-state index contributed by atoms with van der Waals surface area (Å²) < 4.78 is 34.3. The van der Waals surface area contributed by atoms with Gasteiger partial charge in [0.05, 0.1) is 27.7 Å². The molecule has 0 fully saturated rings. The van der Waals surface area contributed by atoms with Crippen molar-refractivity contribution in [3.05, 3.63) is 24.3 Å². The fourth-order valence-electron chi connectivity index (χ4n) is 10.9. The third kappa shape index (κ3) is 67.6. The number of hydrogen-bond donors (Lipinski definition) is 0. The van der Waals surface area contributed by atoms with E-state index in [2.05, 4.69) is 38.2 Å². The highest BCUT2D eigenvalue weighted by atomic mass is 31.2. The van der Waals surface area contributed by atoms with Crippen molar-refractivity contribution >= 4 is 19.8 Å². The molecule has 486 valence electrons. The molecule has 0 aliphatic rings. The summed E-state index contributed by atoms with van der Waals surface area (Å²) in [6, 6.07) is 0. The van der Waals surface area contributed by atoms with E-state index < -0.39 is 26.5 Å². The Kier molecular flexibility index (Phi) is 62.8. The molecule has 0 saturated heterocycles. The molecule has 0 aliphatic heterocycles. The lowest BCUT2D eigenvalue weighted by atomic mass is 10.0. The smallest absolute Gasteiger partial charge is 0.306 e. The third-order valence-electron chi connectivity index (χ3n) is 16.4. The molecule has 0 N–H and O–H groups in total. The van der Waals surface area contributed by atoms with Crippen LogP contribution in [0.2, 0.25) is 0 Å². The van der Waals surface area contributed by atoms with Crippen LogP contribution in [-0.4, -0.2) is 70.0 Å². The van der Waals surface area contributed by atoms with Gasteiger partial charge in [0.2, 0.25) is 0 Å². The highest BCUT2D eigenvalue weighted by Gasteiger charge is 2.22. The van der Waals surface area contributed by atoms with Crippen molar-refractivity contribution in [3.63, 3.8) is 0 Å². The minimum Gasteiger partial charge on any atom is -0.756 e. The van der Waals surface area contributed by atoms with Gasteiger partial charge in [-0.3, -0.25) is 14.2 Å². The van der Waals surface area contributed by atoms with E-state index in [1.54, 1.807) is 0 Å². The number of allylic oxidation sites excluding steroid dienone is 4. The molecule has 10 heteroatoms. The van der Waals surface area contributed by atoms with Gasteiger partial charge in [-0.25, -0.2) is 0 Å². The highest BCUT2D eigenvalue weighted by Crippen LogP contribution is 2.38. The largest absolute Gasteiger partial charge is 0.756 e. The molecular weight excluding hydrogens is 1040 g/mol. The number of quaternary nitrogens is 1. The minimum absolute atomic E-state index is 0.0277. The number of carbonyl (C=O) groups excluding carboxylic acids is 2. The third-order valence-corrected chi connectivity index (χ3v) is 17.4. The molecule has 2 atom stereocenters. The summed E-state index contributed by atoms with van der Waals surface area (Å²) in [4.78, 5) is 38.0. The standard InChI is InChI=1S/C72H140NO8P/c1-6-8-10-12-14-16-18-20-22-24-26-27-28-29-30-31-32-33-34-35-36-37-38-39-40-41-42-43-44-45-47-49-51-53-55-57-59-61-63-65-72(75)81-70(69-80-82(76,77)79-67-66-73(3,4)5)68-78-71(74)64-62-60-58-56-54-52-50-48-46-25-23-21-19-17-15-13-11-9-7-2/h21,23-24,26,70H,6-20,22,25,27-69H2,1-5H3/b23-21-,26-24-. The Hall–Kier alpha value is -1.51. The maximum absolute atomic E-state index is 12.9. The van der Waals surface area contributed by atoms with Crippen molar-refractivity contribution in [2.75, 3.05) is 47.5 Å². The summed E-state index contributed by atoms with van der Waals surface area (Å²) in [5.74, 6) is -0.815. The number of hydrogen-bond acceptors (Lipinski definition) is 8. The van der Waals surface area contributed by atoms with Crippen LogP contribution in [0.15, 0.2) is 24.3 Å². The van der Waals surface area contributed by atoms with E-state index in [9.17, 15) is 19.0 Å². The average Bonchev–Trinajstić information content (AvgIpc) is 3.44. The molecule has 9 nitrogen and oxygen atoms in total. The number of unbranched alkanes of at least 4 members (excludes halogenated alkanes) is 50. The van der Waals surface area contributed by atoms with Crippen molar-refractivity contribution < 1.29 is 42.1 Å². The van der Waals surface area contributed by atoms with Crippen LogP contribution in [0.3, 0.4) is 0 Å². The fraction of sp³-hybridized carbons (Fsp3) is 0.917. The first kappa shape index (κ1) is 80.5. The first-order valence-electron chi connectivity index (χ1n) is 36.0. The van der Waals surface area contributed by atoms with Crippen LogP contribution in [0.1, 0.15) is 373 Å². The maximum Gasteiger partial charge on any atom is 0.306 e. The topological polar surface area (TPSA) is 111 Å². The Bertz CT molecular complexity index is 1430. The Morgan fingerprint density at radius 2 is 0.622 bits per heavy atom. The van der Waals surface area contributed by atoms with Crippen LogP contribution in [0.5, 0.6) is 0 Å². The van der Waals surface area contributed by atoms with E-state index in [-0.39, 0.29) is 32.0 Å². The Balaban J connectivity index is 3.88. The summed E-state index contributed by atoms with van der Waals surface area (Å²) in [6.07, 6.45) is 80.0. The van der Waals surface area contributed by atoms with Crippen molar-refractivity contribution in [1.29, 1.82) is 0 Å². The molecule has 0 aromatic heterocycles. The summed E-state index contributed by atoms with van der Waals surface area (Å²) in [5, 5.41) is 0. The van der Waals surface area contributed by atoms with Crippen LogP contribution in [0, 0.1) is 0 Å². The van der Waals surface area contributed by atoms with Gasteiger partial charge in [-0.05, 0) is 64.2 Å². The fourth-order valence-corrected chi connectivity index (χ4v) is 11.6. The minimum atomic E-state index is -4.64. The summed E-state index contributed by atoms with van der Waals surface area (Å²) >= 11 is 0. The van der Waals surface area contributed by atoms with Gasteiger partial charge in [0.15, 0.2) is 6.10 Å². The summed E-state index contributed by atoms with van der Waals surface area (Å²) in [7, 11) is 1.19. The summed E-state index contributed by atoms with van der Waals surface area (Å²) in [6.45, 7) is 4.30. The second-order valence-corrected chi connectivity index (χ2v) is 27.4. The number of esters is 2. The normalized spacial score (nSPS) is 13.2. The zero-order chi connectivity index (χ0) is 59.8. The SMILES string of the molecule is CCCCCCCC/C=C\CCCCCCCCCCCC(=O)OCC(COP(=O)([O-])OCC[N+](C)(C)C)OC(=O)CCCCCCCCCCCCCCCCCCCCCCCCCCCCC/C=C\CCCCCCCCCC.